The van der Waals surface area contributed by atoms with Crippen LogP contribution in [0.25, 0.3) is 0 Å². The van der Waals surface area contributed by atoms with Crippen LogP contribution in [0.1, 0.15) is 30.7 Å². The predicted molar refractivity (Wildman–Crippen MR) is 82.2 cm³/mol. The van der Waals surface area contributed by atoms with Gasteiger partial charge in [0.25, 0.3) is 0 Å². The molecule has 0 unspecified atom stereocenters. The number of nitrogens with one attached hydrogen (secondary N) is 2. The van der Waals surface area contributed by atoms with Gasteiger partial charge >= 0.3 is 0 Å². The maximum absolute atomic E-state index is 3.93. The Bertz CT molecular complexity index is 472. The minimum Gasteiger partial charge on any atom is -0.307 e. The summed E-state index contributed by atoms with van der Waals surface area (Å²) in [7, 11) is 0. The lowest BCUT2D eigenvalue weighted by Crippen LogP contribution is -2.22. The van der Waals surface area contributed by atoms with Crippen molar-refractivity contribution >= 4 is 0 Å². The second kappa shape index (κ2) is 7.82. The maximum Gasteiger partial charge on any atom is 0.0490 e. The molecule has 2 rings (SSSR count). The van der Waals surface area contributed by atoms with Crippen LogP contribution in [0.2, 0.25) is 0 Å². The fraction of sp³-hybridized carbons (Fsp3) is 0.438. The molecule has 2 aromatic rings. The Morgan fingerprint density at radius 1 is 1.00 bits per heavy atom. The van der Waals surface area contributed by atoms with Gasteiger partial charge in [-0.25, -0.2) is 0 Å². The van der Waals surface area contributed by atoms with Crippen LogP contribution in [0, 0.1) is 0 Å². The van der Waals surface area contributed by atoms with E-state index in [0.717, 1.165) is 38.4 Å². The average molecular weight is 272 g/mol. The van der Waals surface area contributed by atoms with Gasteiger partial charge in [-0.1, -0.05) is 38.1 Å². The van der Waals surface area contributed by atoms with Crippen molar-refractivity contribution in [3.05, 3.63) is 53.3 Å². The molecule has 0 aliphatic rings. The molecule has 0 amide bonds. The van der Waals surface area contributed by atoms with E-state index in [0.29, 0.717) is 0 Å². The van der Waals surface area contributed by atoms with Crippen molar-refractivity contribution in [2.24, 2.45) is 0 Å². The molecule has 0 fully saturated rings. The largest absolute Gasteiger partial charge is 0.307 e. The zero-order valence-corrected chi connectivity index (χ0v) is 12.4. The van der Waals surface area contributed by atoms with Crippen molar-refractivity contribution in [3.63, 3.8) is 0 Å². The molecule has 1 aromatic carbocycles. The molecule has 0 atom stereocenters. The Morgan fingerprint density at radius 2 is 1.70 bits per heavy atom. The lowest BCUT2D eigenvalue weighted by molar-refractivity contribution is 0.296. The van der Waals surface area contributed by atoms with Crippen LogP contribution < -0.4 is 5.32 Å². The third-order valence-corrected chi connectivity index (χ3v) is 3.53. The van der Waals surface area contributed by atoms with E-state index in [2.05, 4.69) is 58.5 Å². The van der Waals surface area contributed by atoms with E-state index in [4.69, 9.17) is 0 Å². The zero-order valence-electron chi connectivity index (χ0n) is 12.4. The van der Waals surface area contributed by atoms with Gasteiger partial charge in [-0.05, 0) is 30.3 Å². The van der Waals surface area contributed by atoms with Gasteiger partial charge in [0.05, 0.1) is 0 Å². The van der Waals surface area contributed by atoms with Crippen LogP contribution in [0.4, 0.5) is 0 Å². The van der Waals surface area contributed by atoms with Gasteiger partial charge in [0.2, 0.25) is 0 Å². The number of H-pyrrole nitrogens is 1. The lowest BCUT2D eigenvalue weighted by atomic mass is 10.1. The summed E-state index contributed by atoms with van der Waals surface area (Å²) in [6, 6.07) is 10.9. The van der Waals surface area contributed by atoms with E-state index >= 15 is 0 Å². The molecule has 0 aliphatic carbocycles. The van der Waals surface area contributed by atoms with Gasteiger partial charge in [0.1, 0.15) is 0 Å². The highest BCUT2D eigenvalue weighted by Gasteiger charge is 2.01. The first-order valence-corrected chi connectivity index (χ1v) is 7.31. The highest BCUT2D eigenvalue weighted by Crippen LogP contribution is 2.07. The maximum atomic E-state index is 3.93. The highest BCUT2D eigenvalue weighted by molar-refractivity contribution is 5.22. The second-order valence-electron chi connectivity index (χ2n) is 4.96. The summed E-state index contributed by atoms with van der Waals surface area (Å²) >= 11 is 0. The molecular weight excluding hydrogens is 248 g/mol. The molecule has 1 heterocycles. The summed E-state index contributed by atoms with van der Waals surface area (Å²) in [6.45, 7) is 9.35. The molecule has 4 nitrogen and oxygen atoms in total. The Hall–Kier alpha value is -1.65. The third-order valence-electron chi connectivity index (χ3n) is 3.53. The number of hydrogen-bond acceptors (Lipinski definition) is 3. The third kappa shape index (κ3) is 4.47. The summed E-state index contributed by atoms with van der Waals surface area (Å²) in [6.07, 6.45) is 1.78. The van der Waals surface area contributed by atoms with Crippen molar-refractivity contribution in [1.29, 1.82) is 0 Å². The fourth-order valence-corrected chi connectivity index (χ4v) is 2.19. The first kappa shape index (κ1) is 14.8. The smallest absolute Gasteiger partial charge is 0.0490 e. The van der Waals surface area contributed by atoms with Crippen LogP contribution in [-0.2, 0) is 19.6 Å². The van der Waals surface area contributed by atoms with Crippen molar-refractivity contribution in [2.45, 2.75) is 33.5 Å². The molecule has 0 spiro atoms. The Morgan fingerprint density at radius 3 is 2.30 bits per heavy atom. The van der Waals surface area contributed by atoms with Crippen LogP contribution in [0.5, 0.6) is 0 Å². The number of rotatable bonds is 8. The van der Waals surface area contributed by atoms with Gasteiger partial charge in [-0.3, -0.25) is 10.00 Å². The second-order valence-corrected chi connectivity index (χ2v) is 4.96. The molecule has 4 heteroatoms. The zero-order chi connectivity index (χ0) is 14.2. The molecule has 108 valence electrons. The minimum atomic E-state index is 0.821. The van der Waals surface area contributed by atoms with Crippen molar-refractivity contribution in [2.75, 3.05) is 13.1 Å². The number of nitrogens with zero attached hydrogens (tertiary/aromatic N) is 2. The molecule has 0 bridgehead atoms. The van der Waals surface area contributed by atoms with Crippen LogP contribution in [-0.4, -0.2) is 28.2 Å². The minimum absolute atomic E-state index is 0.821. The standard InChI is InChI=1S/C16H24N4/c1-3-20(4-2)13-15-7-5-14(6-8-15)11-17-12-16-9-10-18-19-16/h5-10,17H,3-4,11-13H2,1-2H3,(H,18,19). The Balaban J connectivity index is 1.79. The van der Waals surface area contributed by atoms with Crippen molar-refractivity contribution < 1.29 is 0 Å². The normalized spacial score (nSPS) is 11.2. The highest BCUT2D eigenvalue weighted by atomic mass is 15.1. The van der Waals surface area contributed by atoms with E-state index in [1.165, 1.54) is 11.1 Å². The summed E-state index contributed by atoms with van der Waals surface area (Å²) in [5, 5.41) is 10.3. The number of benzene rings is 1. The molecular formula is C16H24N4. The first-order valence-electron chi connectivity index (χ1n) is 7.31. The fourth-order valence-electron chi connectivity index (χ4n) is 2.19. The van der Waals surface area contributed by atoms with Gasteiger partial charge in [0.15, 0.2) is 0 Å². The molecule has 0 aliphatic heterocycles. The first-order chi connectivity index (χ1) is 9.81. The quantitative estimate of drug-likeness (QED) is 0.776. The van der Waals surface area contributed by atoms with E-state index in [-0.39, 0.29) is 0 Å². The molecule has 0 saturated carbocycles. The Kier molecular flexibility index (Phi) is 5.77. The van der Waals surface area contributed by atoms with Crippen molar-refractivity contribution in [3.8, 4) is 0 Å². The molecule has 0 radical (unpaired) electrons. The topological polar surface area (TPSA) is 44.0 Å². The van der Waals surface area contributed by atoms with E-state index in [1.54, 1.807) is 6.20 Å². The summed E-state index contributed by atoms with van der Waals surface area (Å²) < 4.78 is 0. The molecule has 1 aromatic heterocycles. The number of hydrogen-bond donors (Lipinski definition) is 2. The van der Waals surface area contributed by atoms with E-state index < -0.39 is 0 Å². The number of aromatic amines is 1. The van der Waals surface area contributed by atoms with Crippen molar-refractivity contribution in [1.82, 2.24) is 20.4 Å². The summed E-state index contributed by atoms with van der Waals surface area (Å²) in [5.74, 6) is 0. The average Bonchev–Trinajstić information content (AvgIpc) is 2.99. The van der Waals surface area contributed by atoms with Gasteiger partial charge in [0, 0.05) is 31.5 Å². The lowest BCUT2D eigenvalue weighted by Gasteiger charge is -2.18. The monoisotopic (exact) mass is 272 g/mol. The van der Waals surface area contributed by atoms with Gasteiger partial charge in [-0.2, -0.15) is 5.10 Å². The van der Waals surface area contributed by atoms with Crippen LogP contribution in [0.3, 0.4) is 0 Å². The van der Waals surface area contributed by atoms with E-state index in [9.17, 15) is 0 Å². The molecule has 20 heavy (non-hydrogen) atoms. The SMILES string of the molecule is CCN(CC)Cc1ccc(CNCc2ccn[nH]2)cc1. The molecule has 2 N–H and O–H groups in total. The van der Waals surface area contributed by atoms with Crippen LogP contribution in [0.15, 0.2) is 36.5 Å². The Labute approximate surface area is 121 Å². The summed E-state index contributed by atoms with van der Waals surface area (Å²) in [5.41, 5.74) is 3.81. The predicted octanol–water partition coefficient (Wildman–Crippen LogP) is 2.54. The summed E-state index contributed by atoms with van der Waals surface area (Å²) in [4.78, 5) is 2.42. The molecule has 0 saturated heterocycles. The van der Waals surface area contributed by atoms with Gasteiger partial charge in [-0.15, -0.1) is 0 Å². The number of aromatic nitrogens is 2. The van der Waals surface area contributed by atoms with Gasteiger partial charge < -0.3 is 5.32 Å². The van der Waals surface area contributed by atoms with E-state index in [1.807, 2.05) is 6.07 Å². The van der Waals surface area contributed by atoms with Crippen LogP contribution >= 0.6 is 0 Å².